The molecule has 116 valence electrons. The zero-order valence-corrected chi connectivity index (χ0v) is 10.1. The number of fused-ring (bicyclic) bond motifs is 1. The van der Waals surface area contributed by atoms with E-state index in [0.717, 1.165) is 12.3 Å². The average molecular weight is 311 g/mol. The molecule has 7 nitrogen and oxygen atoms in total. The Kier molecular flexibility index (Phi) is 2.52. The molecule has 4 N–H and O–H groups in total. The predicted molar refractivity (Wildman–Crippen MR) is 57.7 cm³/mol. The monoisotopic (exact) mass is 311 g/mol. The van der Waals surface area contributed by atoms with Crippen LogP contribution in [0.15, 0.2) is 17.1 Å². The second kappa shape index (κ2) is 3.72. The molecular formula is C10H9F4N3O4. The van der Waals surface area contributed by atoms with Crippen molar-refractivity contribution in [3.63, 3.8) is 0 Å². The molecule has 0 aromatic carbocycles. The number of aromatic nitrogens is 2. The highest BCUT2D eigenvalue weighted by Crippen LogP contribution is 2.69. The fourth-order valence-corrected chi connectivity index (χ4v) is 2.68. The first-order valence-corrected chi connectivity index (χ1v) is 5.71. The molecule has 11 heteroatoms. The Labute approximate surface area is 113 Å². The van der Waals surface area contributed by atoms with Crippen LogP contribution >= 0.6 is 0 Å². The minimum Gasteiger partial charge on any atom is -0.386 e. The number of nitrogens with zero attached hydrogens (tertiary/aromatic N) is 2. The van der Waals surface area contributed by atoms with Crippen molar-refractivity contribution in [3.05, 3.63) is 22.7 Å². The van der Waals surface area contributed by atoms with E-state index in [4.69, 9.17) is 5.73 Å². The van der Waals surface area contributed by atoms with Gasteiger partial charge in [-0.05, 0) is 6.07 Å². The molecule has 2 heterocycles. The van der Waals surface area contributed by atoms with Crippen LogP contribution in [0.25, 0.3) is 0 Å². The van der Waals surface area contributed by atoms with E-state index in [-0.39, 0.29) is 5.82 Å². The fraction of sp³-hybridized carbons (Fsp3) is 0.600. The van der Waals surface area contributed by atoms with Gasteiger partial charge in [-0.2, -0.15) is 18.2 Å². The summed E-state index contributed by atoms with van der Waals surface area (Å²) >= 11 is 0. The van der Waals surface area contributed by atoms with E-state index in [1.165, 1.54) is 0 Å². The van der Waals surface area contributed by atoms with E-state index in [1.807, 2.05) is 0 Å². The third-order valence-corrected chi connectivity index (χ3v) is 3.84. The van der Waals surface area contributed by atoms with Gasteiger partial charge in [-0.3, -0.25) is 4.57 Å². The van der Waals surface area contributed by atoms with Gasteiger partial charge in [-0.15, -0.1) is 0 Å². The number of anilines is 1. The molecule has 0 bridgehead atoms. The van der Waals surface area contributed by atoms with E-state index >= 15 is 0 Å². The topological polar surface area (TPSA) is 111 Å². The van der Waals surface area contributed by atoms with E-state index in [9.17, 15) is 32.6 Å². The SMILES string of the molecule is Nc1ccn([C@@H]2O[C@]3(C(F)(F)F)[C@@H](O)[C@]3(O)[C@H]2F)c(=O)n1. The molecular weight excluding hydrogens is 302 g/mol. The molecule has 1 aromatic heterocycles. The maximum atomic E-state index is 14.1. The second-order valence-electron chi connectivity index (χ2n) is 4.91. The molecule has 0 spiro atoms. The first kappa shape index (κ1) is 14.2. The average Bonchev–Trinajstić information content (AvgIpc) is 2.72. The summed E-state index contributed by atoms with van der Waals surface area (Å²) < 4.78 is 58.0. The number of hydrogen-bond donors (Lipinski definition) is 3. The maximum absolute atomic E-state index is 14.1. The van der Waals surface area contributed by atoms with Gasteiger partial charge in [0.25, 0.3) is 0 Å². The summed E-state index contributed by atoms with van der Waals surface area (Å²) in [5.74, 6) is -0.209. The minimum absolute atomic E-state index is 0.209. The molecule has 0 radical (unpaired) electrons. The molecule has 0 unspecified atom stereocenters. The van der Waals surface area contributed by atoms with Crippen molar-refractivity contribution in [2.24, 2.45) is 0 Å². The van der Waals surface area contributed by atoms with Crippen LogP contribution in [-0.4, -0.2) is 49.4 Å². The first-order valence-electron chi connectivity index (χ1n) is 5.71. The summed E-state index contributed by atoms with van der Waals surface area (Å²) in [6, 6.07) is 1.06. The van der Waals surface area contributed by atoms with Crippen molar-refractivity contribution in [1.29, 1.82) is 0 Å². The Bertz CT molecular complexity index is 664. The van der Waals surface area contributed by atoms with E-state index < -0.39 is 41.6 Å². The molecule has 1 aromatic rings. The lowest BCUT2D eigenvalue weighted by Gasteiger charge is -2.23. The number of ether oxygens (including phenoxy) is 1. The fourth-order valence-electron chi connectivity index (χ4n) is 2.68. The number of rotatable bonds is 1. The molecule has 3 rings (SSSR count). The van der Waals surface area contributed by atoms with E-state index in [2.05, 4.69) is 9.72 Å². The van der Waals surface area contributed by atoms with Crippen molar-refractivity contribution in [1.82, 2.24) is 9.55 Å². The summed E-state index contributed by atoms with van der Waals surface area (Å²) in [7, 11) is 0. The number of hydrogen-bond acceptors (Lipinski definition) is 6. The Morgan fingerprint density at radius 1 is 1.48 bits per heavy atom. The lowest BCUT2D eigenvalue weighted by atomic mass is 10.1. The zero-order valence-electron chi connectivity index (χ0n) is 10.1. The van der Waals surface area contributed by atoms with Crippen LogP contribution in [0.2, 0.25) is 0 Å². The van der Waals surface area contributed by atoms with Crippen LogP contribution < -0.4 is 11.4 Å². The molecule has 21 heavy (non-hydrogen) atoms. The van der Waals surface area contributed by atoms with Gasteiger partial charge >= 0.3 is 11.9 Å². The minimum atomic E-state index is -5.22. The first-order chi connectivity index (χ1) is 9.57. The zero-order chi connectivity index (χ0) is 15.8. The highest BCUT2D eigenvalue weighted by Gasteiger charge is 2.97. The quantitative estimate of drug-likeness (QED) is 0.580. The highest BCUT2D eigenvalue weighted by molar-refractivity contribution is 5.38. The third kappa shape index (κ3) is 1.43. The smallest absolute Gasteiger partial charge is 0.386 e. The van der Waals surface area contributed by atoms with Crippen LogP contribution in [0.4, 0.5) is 23.4 Å². The van der Waals surface area contributed by atoms with Crippen molar-refractivity contribution < 1.29 is 32.5 Å². The van der Waals surface area contributed by atoms with Crippen molar-refractivity contribution in [3.8, 4) is 0 Å². The second-order valence-corrected chi connectivity index (χ2v) is 4.91. The molecule has 0 amide bonds. The van der Waals surface area contributed by atoms with Gasteiger partial charge in [-0.1, -0.05) is 0 Å². The van der Waals surface area contributed by atoms with Crippen LogP contribution in [0.3, 0.4) is 0 Å². The van der Waals surface area contributed by atoms with E-state index in [0.29, 0.717) is 4.57 Å². The largest absolute Gasteiger partial charge is 0.423 e. The van der Waals surface area contributed by atoms with Gasteiger partial charge in [0.15, 0.2) is 18.0 Å². The maximum Gasteiger partial charge on any atom is 0.423 e. The Morgan fingerprint density at radius 3 is 2.57 bits per heavy atom. The number of aliphatic hydroxyl groups excluding tert-OH is 1. The van der Waals surface area contributed by atoms with Gasteiger partial charge < -0.3 is 20.7 Å². The predicted octanol–water partition coefficient (Wildman–Crippen LogP) is -0.901. The third-order valence-electron chi connectivity index (χ3n) is 3.84. The van der Waals surface area contributed by atoms with Gasteiger partial charge in [0, 0.05) is 6.20 Å². The van der Waals surface area contributed by atoms with Crippen LogP contribution in [0.5, 0.6) is 0 Å². The molecule has 1 saturated heterocycles. The Morgan fingerprint density at radius 2 is 2.10 bits per heavy atom. The van der Waals surface area contributed by atoms with Crippen molar-refractivity contribution in [2.45, 2.75) is 35.9 Å². The van der Waals surface area contributed by atoms with E-state index in [1.54, 1.807) is 0 Å². The number of nitrogen functional groups attached to an aromatic ring is 1. The lowest BCUT2D eigenvalue weighted by Crippen LogP contribution is -2.40. The molecule has 1 aliphatic carbocycles. The number of aliphatic hydroxyl groups is 2. The van der Waals surface area contributed by atoms with Crippen LogP contribution in [0.1, 0.15) is 6.23 Å². The Hall–Kier alpha value is -1.72. The summed E-state index contributed by atoms with van der Waals surface area (Å²) in [6.45, 7) is 0. The number of nitrogens with two attached hydrogens (primary N) is 1. The number of alkyl halides is 4. The summed E-state index contributed by atoms with van der Waals surface area (Å²) in [5.41, 5.74) is -2.54. The summed E-state index contributed by atoms with van der Waals surface area (Å²) in [4.78, 5) is 14.8. The van der Waals surface area contributed by atoms with Gasteiger partial charge in [0.05, 0.1) is 0 Å². The van der Waals surface area contributed by atoms with Gasteiger partial charge in [0.2, 0.25) is 5.60 Å². The van der Waals surface area contributed by atoms with Gasteiger partial charge in [0.1, 0.15) is 11.9 Å². The van der Waals surface area contributed by atoms with Crippen molar-refractivity contribution in [2.75, 3.05) is 5.73 Å². The van der Waals surface area contributed by atoms with Crippen LogP contribution in [0, 0.1) is 0 Å². The number of halogens is 4. The normalized spacial score (nSPS) is 41.9. The molecule has 1 saturated carbocycles. The molecule has 5 atom stereocenters. The highest BCUT2D eigenvalue weighted by atomic mass is 19.4. The van der Waals surface area contributed by atoms with Crippen molar-refractivity contribution >= 4 is 5.82 Å². The summed E-state index contributed by atoms with van der Waals surface area (Å²) in [6.07, 6.45) is -11.5. The summed E-state index contributed by atoms with van der Waals surface area (Å²) in [5, 5.41) is 19.0. The van der Waals surface area contributed by atoms with Crippen LogP contribution in [-0.2, 0) is 4.74 Å². The standard InChI is InChI=1S/C10H9F4N3O4/c11-4-5(17-2-1-3(15)16-7(17)19)21-9(10(12,13)14)6(18)8(4,9)20/h1-2,4-6,18,20H,(H2,15,16,19)/t4-,5+,6-,8+,9+/m0/s1. The molecule has 2 aliphatic rings. The molecule has 1 aliphatic heterocycles. The molecule has 2 fully saturated rings. The van der Waals surface area contributed by atoms with Gasteiger partial charge in [-0.25, -0.2) is 9.18 Å². The lowest BCUT2D eigenvalue weighted by molar-refractivity contribution is -0.261. The Balaban J connectivity index is 2.05.